The van der Waals surface area contributed by atoms with Gasteiger partial charge in [-0.15, -0.1) is 0 Å². The smallest absolute Gasteiger partial charge is 0.114 e. The number of aromatic nitrogens is 2. The highest BCUT2D eigenvalue weighted by molar-refractivity contribution is 6.19. The molecule has 0 aliphatic heterocycles. The zero-order valence-electron chi connectivity index (χ0n) is 33.4. The summed E-state index contributed by atoms with van der Waals surface area (Å²) in [6.07, 6.45) is 0.311. The third kappa shape index (κ3) is 3.00. The molecule has 166 valence electrons. The molecular formula is C33H24N2. The zero-order valence-corrected chi connectivity index (χ0v) is 18.4. The van der Waals surface area contributed by atoms with Crippen LogP contribution in [-0.2, 0) is 6.42 Å². The summed E-state index contributed by atoms with van der Waals surface area (Å²) in [5, 5.41) is -1.81. The van der Waals surface area contributed by atoms with E-state index in [2.05, 4.69) is 0 Å². The first-order valence-electron chi connectivity index (χ1n) is 18.5. The van der Waals surface area contributed by atoms with E-state index in [1.807, 2.05) is 6.92 Å². The van der Waals surface area contributed by atoms with Crippen molar-refractivity contribution in [3.63, 3.8) is 0 Å². The molecule has 0 saturated carbocycles. The highest BCUT2D eigenvalue weighted by Gasteiger charge is 2.20. The SMILES string of the molecule is [2H]c1c([2H])c([2H])c2c([2H])c(-c3c4c([2H])c([2H])c([2H])c([2H])c4c(-n4c(CC)nc5ccccc54)c4c([2H])c([2H])c([2H])c([2H])c34)c([2H])c([2H])c2c1[2H]. The van der Waals surface area contributed by atoms with E-state index in [4.69, 9.17) is 18.7 Å². The molecule has 0 saturated heterocycles. The molecule has 0 bridgehead atoms. The Bertz CT molecular complexity index is 2620. The second-order valence-corrected chi connectivity index (χ2v) is 7.93. The maximum Gasteiger partial charge on any atom is 0.114 e. The minimum absolute atomic E-state index is 0.0184. The number of benzene rings is 6. The molecule has 0 aliphatic rings. The summed E-state index contributed by atoms with van der Waals surface area (Å²) in [5.41, 5.74) is 0.126. The minimum atomic E-state index is -0.731. The standard InChI is InChI=1S/C33H24N2/c1-2-31-34-29-17-9-10-18-30(29)35(31)33-27-15-7-5-13-25(27)32(26-14-6-8-16-28(26)33)24-20-19-22-11-3-4-12-23(22)21-24/h3-21H,2H2,1H3/i3D,4D,5D,6D,7D,8D,11D,12D,13D,14D,15D,16D,19D,20D,21D. The van der Waals surface area contributed by atoms with Gasteiger partial charge in [0.25, 0.3) is 0 Å². The van der Waals surface area contributed by atoms with Crippen molar-refractivity contribution in [2.45, 2.75) is 13.3 Å². The summed E-state index contributed by atoms with van der Waals surface area (Å²) >= 11 is 0. The fraction of sp³-hybridized carbons (Fsp3) is 0.0606. The predicted molar refractivity (Wildman–Crippen MR) is 148 cm³/mol. The lowest BCUT2D eigenvalue weighted by Gasteiger charge is -2.20. The van der Waals surface area contributed by atoms with Crippen LogP contribution in [0.15, 0.2) is 115 Å². The van der Waals surface area contributed by atoms with Crippen molar-refractivity contribution >= 4 is 43.4 Å². The molecule has 0 atom stereocenters. The summed E-state index contributed by atoms with van der Waals surface area (Å²) in [4.78, 5) is 4.72. The summed E-state index contributed by atoms with van der Waals surface area (Å²) in [6, 6.07) is -2.99. The van der Waals surface area contributed by atoms with Crippen molar-refractivity contribution in [3.8, 4) is 16.8 Å². The van der Waals surface area contributed by atoms with Crippen LogP contribution in [0.1, 0.15) is 33.3 Å². The minimum Gasteiger partial charge on any atom is -0.295 e. The number of hydrogen-bond acceptors (Lipinski definition) is 1. The van der Waals surface area contributed by atoms with Crippen LogP contribution < -0.4 is 0 Å². The van der Waals surface area contributed by atoms with Gasteiger partial charge >= 0.3 is 0 Å². The van der Waals surface area contributed by atoms with Gasteiger partial charge in [0.05, 0.1) is 37.3 Å². The number of para-hydroxylation sites is 2. The van der Waals surface area contributed by atoms with Gasteiger partial charge in [0.1, 0.15) is 5.82 Å². The Kier molecular flexibility index (Phi) is 2.24. The maximum absolute atomic E-state index is 9.32. The Hall–Kier alpha value is -4.43. The van der Waals surface area contributed by atoms with Crippen molar-refractivity contribution in [2.75, 3.05) is 0 Å². The van der Waals surface area contributed by atoms with Gasteiger partial charge in [0, 0.05) is 17.2 Å². The van der Waals surface area contributed by atoms with Crippen molar-refractivity contribution in [1.82, 2.24) is 9.55 Å². The lowest BCUT2D eigenvalue weighted by atomic mass is 9.89. The number of imidazole rings is 1. The first-order chi connectivity index (χ1) is 23.6. The normalized spacial score (nSPS) is 17.7. The first-order valence-corrected chi connectivity index (χ1v) is 11.0. The van der Waals surface area contributed by atoms with Gasteiger partial charge in [-0.05, 0) is 50.8 Å². The second-order valence-electron chi connectivity index (χ2n) is 7.93. The predicted octanol–water partition coefficient (Wildman–Crippen LogP) is 8.71. The molecule has 2 heteroatoms. The van der Waals surface area contributed by atoms with Crippen LogP contribution in [0.5, 0.6) is 0 Å². The van der Waals surface area contributed by atoms with E-state index in [0.29, 0.717) is 23.3 Å². The Morgan fingerprint density at radius 3 is 2.06 bits per heavy atom. The summed E-state index contributed by atoms with van der Waals surface area (Å²) in [6.45, 7) is 1.81. The van der Waals surface area contributed by atoms with Crippen molar-refractivity contribution in [3.05, 3.63) is 121 Å². The summed E-state index contributed by atoms with van der Waals surface area (Å²) in [5.74, 6) is 0.416. The van der Waals surface area contributed by atoms with Crippen molar-refractivity contribution in [1.29, 1.82) is 0 Å². The van der Waals surface area contributed by atoms with Gasteiger partial charge in [-0.25, -0.2) is 4.98 Å². The van der Waals surface area contributed by atoms with E-state index in [-0.39, 0.29) is 32.8 Å². The van der Waals surface area contributed by atoms with Crippen LogP contribution >= 0.6 is 0 Å². The molecule has 7 aromatic rings. The van der Waals surface area contributed by atoms with Crippen molar-refractivity contribution in [2.24, 2.45) is 0 Å². The molecule has 1 aromatic heterocycles. The highest BCUT2D eigenvalue weighted by atomic mass is 15.1. The maximum atomic E-state index is 9.32. The van der Waals surface area contributed by atoms with Crippen LogP contribution in [0.25, 0.3) is 60.2 Å². The third-order valence-electron chi connectivity index (χ3n) is 6.02. The molecule has 0 N–H and O–H groups in total. The third-order valence-corrected chi connectivity index (χ3v) is 6.02. The number of nitrogens with zero attached hydrogens (tertiary/aromatic N) is 2. The van der Waals surface area contributed by atoms with E-state index in [1.54, 1.807) is 28.8 Å². The Labute approximate surface area is 225 Å². The topological polar surface area (TPSA) is 17.8 Å². The zero-order chi connectivity index (χ0) is 36.4. The fourth-order valence-electron chi connectivity index (χ4n) is 4.55. The van der Waals surface area contributed by atoms with E-state index < -0.39 is 107 Å². The quantitative estimate of drug-likeness (QED) is 0.240. The number of aryl methyl sites for hydroxylation is 1. The summed E-state index contributed by atoms with van der Waals surface area (Å²) in [7, 11) is 0. The average molecular weight is 464 g/mol. The van der Waals surface area contributed by atoms with Crippen molar-refractivity contribution < 1.29 is 20.6 Å². The molecule has 1 heterocycles. The molecule has 0 unspecified atom stereocenters. The Morgan fingerprint density at radius 1 is 0.714 bits per heavy atom. The Morgan fingerprint density at radius 2 is 1.34 bits per heavy atom. The van der Waals surface area contributed by atoms with Gasteiger partial charge in [0.2, 0.25) is 0 Å². The van der Waals surface area contributed by atoms with Gasteiger partial charge < -0.3 is 0 Å². The lowest BCUT2D eigenvalue weighted by molar-refractivity contribution is 0.917. The molecule has 0 aliphatic carbocycles. The van der Waals surface area contributed by atoms with E-state index in [9.17, 15) is 6.85 Å². The average Bonchev–Trinajstić information content (AvgIpc) is 3.48. The molecule has 35 heavy (non-hydrogen) atoms. The van der Waals surface area contributed by atoms with Gasteiger partial charge in [-0.2, -0.15) is 0 Å². The molecule has 7 rings (SSSR count). The Balaban J connectivity index is 1.91. The van der Waals surface area contributed by atoms with E-state index in [1.165, 1.54) is 0 Å². The lowest BCUT2D eigenvalue weighted by Crippen LogP contribution is -2.03. The van der Waals surface area contributed by atoms with Crippen LogP contribution in [0.2, 0.25) is 0 Å². The number of rotatable bonds is 3. The molecular weight excluding hydrogens is 424 g/mol. The van der Waals surface area contributed by atoms with E-state index in [0.717, 1.165) is 0 Å². The molecule has 0 radical (unpaired) electrons. The molecule has 0 fully saturated rings. The van der Waals surface area contributed by atoms with Gasteiger partial charge in [-0.1, -0.05) is 104 Å². The molecule has 0 amide bonds. The highest BCUT2D eigenvalue weighted by Crippen LogP contribution is 2.42. The van der Waals surface area contributed by atoms with Crippen LogP contribution in [0.4, 0.5) is 0 Å². The monoisotopic (exact) mass is 463 g/mol. The fourth-order valence-corrected chi connectivity index (χ4v) is 4.55. The second kappa shape index (κ2) is 7.82. The van der Waals surface area contributed by atoms with Crippen LogP contribution in [0, 0.1) is 0 Å². The van der Waals surface area contributed by atoms with E-state index >= 15 is 0 Å². The summed E-state index contributed by atoms with van der Waals surface area (Å²) < 4.78 is 134. The molecule has 0 spiro atoms. The number of hydrogen-bond donors (Lipinski definition) is 0. The molecule has 2 nitrogen and oxygen atoms in total. The van der Waals surface area contributed by atoms with Gasteiger partial charge in [0.15, 0.2) is 0 Å². The molecule has 6 aromatic carbocycles. The van der Waals surface area contributed by atoms with Crippen LogP contribution in [-0.4, -0.2) is 9.55 Å². The van der Waals surface area contributed by atoms with Crippen LogP contribution in [0.3, 0.4) is 0 Å². The largest absolute Gasteiger partial charge is 0.295 e. The van der Waals surface area contributed by atoms with Gasteiger partial charge in [-0.3, -0.25) is 4.57 Å². The number of fused-ring (bicyclic) bond motifs is 4. The first kappa shape index (κ1) is 10.1.